The molecule has 1 heterocycles. The fourth-order valence-corrected chi connectivity index (χ4v) is 4.46. The first-order chi connectivity index (χ1) is 19.8. The molecule has 12 nitrogen and oxygen atoms in total. The van der Waals surface area contributed by atoms with Crippen LogP contribution in [0.4, 0.5) is 0 Å². The molecular formula is C30H44N4O8. The highest BCUT2D eigenvalue weighted by Crippen LogP contribution is 2.31. The van der Waals surface area contributed by atoms with Gasteiger partial charge in [-0.05, 0) is 6.92 Å². The summed E-state index contributed by atoms with van der Waals surface area (Å²) in [6, 6.07) is 0. The Bertz CT molecular complexity index is 1260. The van der Waals surface area contributed by atoms with Crippen molar-refractivity contribution in [2.45, 2.75) is 39.0 Å². The summed E-state index contributed by atoms with van der Waals surface area (Å²) in [7, 11) is 1.71. The van der Waals surface area contributed by atoms with Gasteiger partial charge in [0, 0.05) is 91.7 Å². The third-order valence-electron chi connectivity index (χ3n) is 7.06. The molecule has 4 amide bonds. The van der Waals surface area contributed by atoms with Crippen molar-refractivity contribution in [1.29, 1.82) is 0 Å². The van der Waals surface area contributed by atoms with Crippen molar-refractivity contribution in [3.8, 4) is 11.5 Å². The zero-order chi connectivity index (χ0) is 31.4. The van der Waals surface area contributed by atoms with Gasteiger partial charge in [-0.2, -0.15) is 0 Å². The number of phenols is 2. The molecule has 0 aromatic heterocycles. The third-order valence-corrected chi connectivity index (χ3v) is 7.06. The van der Waals surface area contributed by atoms with Crippen LogP contribution in [0.3, 0.4) is 0 Å². The normalized spacial score (nSPS) is 13.2. The molecule has 0 unspecified atom stereocenters. The van der Waals surface area contributed by atoms with Gasteiger partial charge in [0.05, 0.1) is 26.4 Å². The average Bonchev–Trinajstić information content (AvgIpc) is 3.25. The van der Waals surface area contributed by atoms with Crippen LogP contribution in [0.1, 0.15) is 37.8 Å². The summed E-state index contributed by atoms with van der Waals surface area (Å²) >= 11 is 0. The lowest BCUT2D eigenvalue weighted by atomic mass is 9.78. The van der Waals surface area contributed by atoms with Crippen LogP contribution < -0.4 is 21.1 Å². The quantitative estimate of drug-likeness (QED) is 0.0999. The van der Waals surface area contributed by atoms with Crippen LogP contribution in [0.25, 0.3) is 13.2 Å². The second-order valence-electron chi connectivity index (χ2n) is 10.8. The zero-order valence-corrected chi connectivity index (χ0v) is 25.1. The summed E-state index contributed by atoms with van der Waals surface area (Å²) in [6.07, 6.45) is 2.68. The minimum Gasteiger partial charge on any atom is -0.507 e. The SMILES string of the molecule is C=c1c(C)c(O)c(=C)c(C(C)(C)CC(=O)N(C)CCNCCOCCOCCC(=O)NCCN2C(=O)C=CC2=O)c1O. The maximum absolute atomic E-state index is 12.9. The Kier molecular flexibility index (Phi) is 13.2. The Morgan fingerprint density at radius 1 is 0.952 bits per heavy atom. The van der Waals surface area contributed by atoms with Gasteiger partial charge in [0.2, 0.25) is 11.8 Å². The highest BCUT2D eigenvalue weighted by atomic mass is 16.5. The molecule has 0 spiro atoms. The molecule has 0 saturated carbocycles. The number of aromatic hydroxyl groups is 2. The van der Waals surface area contributed by atoms with Crippen LogP contribution in [0.2, 0.25) is 0 Å². The van der Waals surface area contributed by atoms with E-state index >= 15 is 0 Å². The van der Waals surface area contributed by atoms with E-state index in [1.54, 1.807) is 18.9 Å². The fraction of sp³-hybridized carbons (Fsp3) is 0.533. The first kappa shape index (κ1) is 34.5. The number of rotatable bonds is 18. The van der Waals surface area contributed by atoms with E-state index in [0.717, 1.165) is 4.90 Å². The standard InChI is InChI=1S/C30H44N4O8/c1-20-21(2)29(40)27(22(3)28(20)39)30(4,5)19-26(38)33(6)13-10-31-12-16-42-18-17-41-15-9-23(35)32-11-14-34-24(36)7-8-25(34)37/h7-8,31,39-40H,2-3,9-19H2,1,4-6H3,(H,32,35). The highest BCUT2D eigenvalue weighted by molar-refractivity contribution is 6.12. The molecule has 0 radical (unpaired) electrons. The molecule has 42 heavy (non-hydrogen) atoms. The van der Waals surface area contributed by atoms with E-state index < -0.39 is 5.41 Å². The number of ether oxygens (including phenoxy) is 2. The molecule has 12 heteroatoms. The molecule has 1 aromatic carbocycles. The summed E-state index contributed by atoms with van der Waals surface area (Å²) in [5.74, 6) is -1.17. The van der Waals surface area contributed by atoms with Crippen molar-refractivity contribution in [3.63, 3.8) is 0 Å². The predicted molar refractivity (Wildman–Crippen MR) is 158 cm³/mol. The van der Waals surface area contributed by atoms with Gasteiger partial charge in [-0.25, -0.2) is 0 Å². The number of nitrogens with zero attached hydrogens (tertiary/aromatic N) is 2. The Morgan fingerprint density at radius 2 is 1.57 bits per heavy atom. The minimum absolute atomic E-state index is 0.0233. The number of hydrogen-bond donors (Lipinski definition) is 4. The topological polar surface area (TPSA) is 158 Å². The van der Waals surface area contributed by atoms with E-state index in [4.69, 9.17) is 9.47 Å². The number of carbonyl (C=O) groups excluding carboxylic acids is 4. The van der Waals surface area contributed by atoms with Gasteiger partial charge in [-0.15, -0.1) is 0 Å². The maximum atomic E-state index is 12.9. The van der Waals surface area contributed by atoms with E-state index in [1.165, 1.54) is 12.2 Å². The molecule has 1 aliphatic heterocycles. The van der Waals surface area contributed by atoms with Gasteiger partial charge in [-0.3, -0.25) is 24.1 Å². The number of carbonyl (C=O) groups is 4. The molecule has 0 bridgehead atoms. The van der Waals surface area contributed by atoms with E-state index in [2.05, 4.69) is 23.8 Å². The average molecular weight is 589 g/mol. The van der Waals surface area contributed by atoms with Crippen molar-refractivity contribution < 1.29 is 38.9 Å². The van der Waals surface area contributed by atoms with Crippen molar-refractivity contribution >= 4 is 36.8 Å². The van der Waals surface area contributed by atoms with Crippen molar-refractivity contribution in [1.82, 2.24) is 20.4 Å². The number of imide groups is 1. The Labute approximate surface area is 246 Å². The Morgan fingerprint density at radius 3 is 2.21 bits per heavy atom. The van der Waals surface area contributed by atoms with Crippen LogP contribution in [0, 0.1) is 6.92 Å². The first-order valence-electron chi connectivity index (χ1n) is 13.9. The van der Waals surface area contributed by atoms with Crippen molar-refractivity contribution in [2.75, 3.05) is 66.2 Å². The van der Waals surface area contributed by atoms with Gasteiger partial charge < -0.3 is 35.2 Å². The second kappa shape index (κ2) is 16.0. The van der Waals surface area contributed by atoms with Crippen LogP contribution in [0.5, 0.6) is 11.5 Å². The minimum atomic E-state index is -0.772. The first-order valence-corrected chi connectivity index (χ1v) is 13.9. The number of benzene rings is 1. The lowest BCUT2D eigenvalue weighted by Gasteiger charge is -2.29. The molecule has 1 aromatic rings. The second-order valence-corrected chi connectivity index (χ2v) is 10.8. The largest absolute Gasteiger partial charge is 0.507 e. The molecule has 4 N–H and O–H groups in total. The smallest absolute Gasteiger partial charge is 0.253 e. The maximum Gasteiger partial charge on any atom is 0.253 e. The van der Waals surface area contributed by atoms with Gasteiger partial charge in [0.15, 0.2) is 0 Å². The summed E-state index contributed by atoms with van der Waals surface area (Å²) in [6.45, 7) is 16.4. The van der Waals surface area contributed by atoms with E-state index in [-0.39, 0.29) is 67.7 Å². The Balaban J connectivity index is 1.53. The predicted octanol–water partition coefficient (Wildman–Crippen LogP) is -0.593. The lowest BCUT2D eigenvalue weighted by Crippen LogP contribution is -2.39. The summed E-state index contributed by atoms with van der Waals surface area (Å²) in [5, 5.41) is 27.5. The van der Waals surface area contributed by atoms with Crippen LogP contribution in [-0.2, 0) is 34.1 Å². The summed E-state index contributed by atoms with van der Waals surface area (Å²) in [4.78, 5) is 50.3. The highest BCUT2D eigenvalue weighted by Gasteiger charge is 2.31. The van der Waals surface area contributed by atoms with Gasteiger partial charge in [0.1, 0.15) is 11.5 Å². The van der Waals surface area contributed by atoms with Crippen LogP contribution in [-0.4, -0.2) is 110 Å². The van der Waals surface area contributed by atoms with Crippen LogP contribution in [0.15, 0.2) is 12.2 Å². The van der Waals surface area contributed by atoms with Crippen molar-refractivity contribution in [3.05, 3.63) is 33.7 Å². The molecule has 0 aliphatic carbocycles. The number of likely N-dealkylation sites (N-methyl/N-ethyl adjacent to an activating group) is 1. The Hall–Kier alpha value is -3.74. The number of amides is 4. The summed E-state index contributed by atoms with van der Waals surface area (Å²) < 4.78 is 10.9. The zero-order valence-electron chi connectivity index (χ0n) is 25.1. The molecule has 0 atom stereocenters. The molecule has 0 fully saturated rings. The molecule has 232 valence electrons. The monoisotopic (exact) mass is 588 g/mol. The number of phenolic OH excluding ortho intramolecular Hbond substituents is 2. The molecular weight excluding hydrogens is 544 g/mol. The molecule has 0 saturated heterocycles. The van der Waals surface area contributed by atoms with Gasteiger partial charge in [0.25, 0.3) is 11.8 Å². The van der Waals surface area contributed by atoms with E-state index in [9.17, 15) is 29.4 Å². The van der Waals surface area contributed by atoms with Gasteiger partial charge in [-0.1, -0.05) is 27.0 Å². The van der Waals surface area contributed by atoms with E-state index in [0.29, 0.717) is 61.0 Å². The fourth-order valence-electron chi connectivity index (χ4n) is 4.46. The van der Waals surface area contributed by atoms with E-state index in [1.807, 2.05) is 13.8 Å². The molecule has 1 aliphatic rings. The number of nitrogens with one attached hydrogen (secondary N) is 2. The number of hydrogen-bond acceptors (Lipinski definition) is 9. The summed E-state index contributed by atoms with van der Waals surface area (Å²) in [5.41, 5.74) is 0.112. The lowest BCUT2D eigenvalue weighted by molar-refractivity contribution is -0.137. The molecule has 2 rings (SSSR count). The van der Waals surface area contributed by atoms with Gasteiger partial charge >= 0.3 is 0 Å². The van der Waals surface area contributed by atoms with Crippen LogP contribution >= 0.6 is 0 Å². The third kappa shape index (κ3) is 9.68. The van der Waals surface area contributed by atoms with Crippen molar-refractivity contribution in [2.24, 2.45) is 0 Å².